The molecule has 0 radical (unpaired) electrons. The largest absolute Gasteiger partial charge is 0.338 e. The van der Waals surface area contributed by atoms with Crippen molar-refractivity contribution < 1.29 is 9.18 Å². The zero-order valence-corrected chi connectivity index (χ0v) is 10.3. The van der Waals surface area contributed by atoms with Crippen LogP contribution in [0.5, 0.6) is 0 Å². The van der Waals surface area contributed by atoms with Gasteiger partial charge < -0.3 is 10.6 Å². The molecule has 2 amide bonds. The Hall–Kier alpha value is -1.58. The molecule has 0 aliphatic carbocycles. The van der Waals surface area contributed by atoms with Crippen molar-refractivity contribution in [2.45, 2.75) is 33.2 Å². The number of benzene rings is 1. The van der Waals surface area contributed by atoms with Gasteiger partial charge in [-0.2, -0.15) is 0 Å². The highest BCUT2D eigenvalue weighted by molar-refractivity contribution is 5.73. The van der Waals surface area contributed by atoms with Crippen molar-refractivity contribution in [1.82, 2.24) is 10.6 Å². The van der Waals surface area contributed by atoms with Crippen molar-refractivity contribution in [2.75, 3.05) is 6.54 Å². The SMILES string of the molecule is CCCCNC(=O)NCc1ccc(F)c(C)c1. The van der Waals surface area contributed by atoms with Crippen LogP contribution in [0.3, 0.4) is 0 Å². The number of amides is 2. The normalized spacial score (nSPS) is 10.1. The van der Waals surface area contributed by atoms with Crippen molar-refractivity contribution in [3.05, 3.63) is 35.1 Å². The average Bonchev–Trinajstić information content (AvgIpc) is 2.31. The molecule has 0 aromatic heterocycles. The number of carbonyl (C=O) groups is 1. The number of aryl methyl sites for hydroxylation is 1. The monoisotopic (exact) mass is 238 g/mol. The van der Waals surface area contributed by atoms with E-state index in [2.05, 4.69) is 17.6 Å². The van der Waals surface area contributed by atoms with Gasteiger partial charge in [-0.25, -0.2) is 9.18 Å². The first-order valence-electron chi connectivity index (χ1n) is 5.90. The Kier molecular flexibility index (Phi) is 5.46. The van der Waals surface area contributed by atoms with E-state index >= 15 is 0 Å². The molecule has 0 aliphatic heterocycles. The van der Waals surface area contributed by atoms with Crippen molar-refractivity contribution in [2.24, 2.45) is 0 Å². The number of hydrogen-bond donors (Lipinski definition) is 2. The van der Waals surface area contributed by atoms with E-state index in [1.54, 1.807) is 19.1 Å². The number of carbonyl (C=O) groups excluding carboxylic acids is 1. The van der Waals surface area contributed by atoms with Crippen LogP contribution in [0.15, 0.2) is 18.2 Å². The van der Waals surface area contributed by atoms with Crippen LogP contribution in [0, 0.1) is 12.7 Å². The maximum absolute atomic E-state index is 13.0. The highest BCUT2D eigenvalue weighted by Gasteiger charge is 2.01. The molecule has 1 rings (SSSR count). The van der Waals surface area contributed by atoms with Gasteiger partial charge in [0.2, 0.25) is 0 Å². The minimum Gasteiger partial charge on any atom is -0.338 e. The fourth-order valence-electron chi connectivity index (χ4n) is 1.44. The standard InChI is InChI=1S/C13H19FN2O/c1-3-4-7-15-13(17)16-9-11-5-6-12(14)10(2)8-11/h5-6,8H,3-4,7,9H2,1-2H3,(H2,15,16,17). The van der Waals surface area contributed by atoms with Crippen molar-refractivity contribution in [1.29, 1.82) is 0 Å². The topological polar surface area (TPSA) is 41.1 Å². The van der Waals surface area contributed by atoms with E-state index in [0.717, 1.165) is 18.4 Å². The van der Waals surface area contributed by atoms with Crippen molar-refractivity contribution in [3.63, 3.8) is 0 Å². The molecule has 0 saturated heterocycles. The first kappa shape index (κ1) is 13.5. The highest BCUT2D eigenvalue weighted by Crippen LogP contribution is 2.08. The summed E-state index contributed by atoms with van der Waals surface area (Å²) in [7, 11) is 0. The van der Waals surface area contributed by atoms with Gasteiger partial charge in [-0.15, -0.1) is 0 Å². The number of hydrogen-bond acceptors (Lipinski definition) is 1. The summed E-state index contributed by atoms with van der Waals surface area (Å²) in [4.78, 5) is 11.3. The van der Waals surface area contributed by atoms with E-state index in [1.165, 1.54) is 6.07 Å². The molecule has 1 aromatic rings. The second-order valence-corrected chi connectivity index (χ2v) is 4.05. The Morgan fingerprint density at radius 3 is 2.76 bits per heavy atom. The maximum atomic E-state index is 13.0. The fraction of sp³-hybridized carbons (Fsp3) is 0.462. The number of unbranched alkanes of at least 4 members (excludes halogenated alkanes) is 1. The summed E-state index contributed by atoms with van der Waals surface area (Å²) in [6.07, 6.45) is 2.03. The molecule has 4 heteroatoms. The Bertz CT molecular complexity index is 380. The first-order valence-corrected chi connectivity index (χ1v) is 5.90. The Labute approximate surface area is 101 Å². The van der Waals surface area contributed by atoms with Gasteiger partial charge in [0.15, 0.2) is 0 Å². The summed E-state index contributed by atoms with van der Waals surface area (Å²) in [5, 5.41) is 5.49. The van der Waals surface area contributed by atoms with Crippen molar-refractivity contribution >= 4 is 6.03 Å². The van der Waals surface area contributed by atoms with E-state index in [1.807, 2.05) is 0 Å². The van der Waals surface area contributed by atoms with Crippen LogP contribution in [0.2, 0.25) is 0 Å². The molecule has 94 valence electrons. The lowest BCUT2D eigenvalue weighted by Gasteiger charge is -2.08. The molecular formula is C13H19FN2O. The van der Waals surface area contributed by atoms with Gasteiger partial charge in [-0.05, 0) is 30.5 Å². The molecule has 0 bridgehead atoms. The van der Waals surface area contributed by atoms with Gasteiger partial charge in [0, 0.05) is 13.1 Å². The zero-order valence-electron chi connectivity index (χ0n) is 10.3. The molecule has 2 N–H and O–H groups in total. The highest BCUT2D eigenvalue weighted by atomic mass is 19.1. The van der Waals surface area contributed by atoms with Gasteiger partial charge >= 0.3 is 6.03 Å². The third kappa shape index (κ3) is 4.85. The number of halogens is 1. The van der Waals surface area contributed by atoms with Crippen LogP contribution in [-0.4, -0.2) is 12.6 Å². The molecule has 1 aromatic carbocycles. The van der Waals surface area contributed by atoms with E-state index in [4.69, 9.17) is 0 Å². The minimum atomic E-state index is -0.221. The molecule has 0 atom stereocenters. The Morgan fingerprint density at radius 2 is 2.12 bits per heavy atom. The maximum Gasteiger partial charge on any atom is 0.315 e. The summed E-state index contributed by atoms with van der Waals surface area (Å²) in [6.45, 7) is 4.88. The fourth-order valence-corrected chi connectivity index (χ4v) is 1.44. The van der Waals surface area contributed by atoms with E-state index in [0.29, 0.717) is 18.7 Å². The molecule has 0 unspecified atom stereocenters. The van der Waals surface area contributed by atoms with Crippen LogP contribution in [0.25, 0.3) is 0 Å². The summed E-state index contributed by atoms with van der Waals surface area (Å²) in [6, 6.07) is 4.65. The first-order chi connectivity index (χ1) is 8.13. The van der Waals surface area contributed by atoms with Gasteiger partial charge in [-0.1, -0.05) is 25.5 Å². The van der Waals surface area contributed by atoms with Gasteiger partial charge in [0.25, 0.3) is 0 Å². The summed E-state index contributed by atoms with van der Waals surface area (Å²) >= 11 is 0. The summed E-state index contributed by atoms with van der Waals surface area (Å²) in [5.74, 6) is -0.221. The van der Waals surface area contributed by atoms with E-state index in [9.17, 15) is 9.18 Å². The lowest BCUT2D eigenvalue weighted by Crippen LogP contribution is -2.35. The smallest absolute Gasteiger partial charge is 0.315 e. The van der Waals surface area contributed by atoms with Crippen LogP contribution >= 0.6 is 0 Å². The van der Waals surface area contributed by atoms with Gasteiger partial charge in [0.1, 0.15) is 5.82 Å². The second-order valence-electron chi connectivity index (χ2n) is 4.05. The molecule has 0 saturated carbocycles. The molecule has 3 nitrogen and oxygen atoms in total. The summed E-state index contributed by atoms with van der Waals surface area (Å²) in [5.41, 5.74) is 1.49. The molecule has 0 aliphatic rings. The number of rotatable bonds is 5. The van der Waals surface area contributed by atoms with Gasteiger partial charge in [0.05, 0.1) is 0 Å². The van der Waals surface area contributed by atoms with Crippen LogP contribution < -0.4 is 10.6 Å². The van der Waals surface area contributed by atoms with Crippen LogP contribution in [-0.2, 0) is 6.54 Å². The van der Waals surface area contributed by atoms with Crippen LogP contribution in [0.4, 0.5) is 9.18 Å². The van der Waals surface area contributed by atoms with Crippen LogP contribution in [0.1, 0.15) is 30.9 Å². The Balaban J connectivity index is 2.34. The average molecular weight is 238 g/mol. The van der Waals surface area contributed by atoms with Crippen molar-refractivity contribution in [3.8, 4) is 0 Å². The molecule has 17 heavy (non-hydrogen) atoms. The zero-order chi connectivity index (χ0) is 12.7. The molecule has 0 heterocycles. The summed E-state index contributed by atoms with van der Waals surface area (Å²) < 4.78 is 13.0. The molecule has 0 fully saturated rings. The molecule has 0 spiro atoms. The lowest BCUT2D eigenvalue weighted by molar-refractivity contribution is 0.240. The third-order valence-electron chi connectivity index (χ3n) is 2.49. The Morgan fingerprint density at radius 1 is 1.35 bits per heavy atom. The number of urea groups is 1. The lowest BCUT2D eigenvalue weighted by atomic mass is 10.1. The predicted molar refractivity (Wildman–Crippen MR) is 66.3 cm³/mol. The van der Waals surface area contributed by atoms with Gasteiger partial charge in [-0.3, -0.25) is 0 Å². The third-order valence-corrected chi connectivity index (χ3v) is 2.49. The van der Waals surface area contributed by atoms with E-state index in [-0.39, 0.29) is 11.8 Å². The quantitative estimate of drug-likeness (QED) is 0.761. The molecular weight excluding hydrogens is 219 g/mol. The second kappa shape index (κ2) is 6.89. The minimum absolute atomic E-state index is 0.180. The van der Waals surface area contributed by atoms with E-state index < -0.39 is 0 Å². The predicted octanol–water partition coefficient (Wildman–Crippen LogP) is 2.73. The number of nitrogens with one attached hydrogen (secondary N) is 2.